The lowest BCUT2D eigenvalue weighted by atomic mass is 10.0. The normalized spacial score (nSPS) is 14.5. The van der Waals surface area contributed by atoms with Crippen LogP contribution >= 0.6 is 11.3 Å². The van der Waals surface area contributed by atoms with Crippen LogP contribution in [0.2, 0.25) is 0 Å². The summed E-state index contributed by atoms with van der Waals surface area (Å²) in [6.45, 7) is -0.285. The molecule has 0 radical (unpaired) electrons. The standard InChI is InChI=1S/C25H26FN3O4S/c26-18-11-9-17(10-12-18)23(25(32)28-19-5-1-2-6-19)29(16-20-7-3-13-33-20)22(30)15-27-24(31)21-8-4-14-34-21/h3-4,7-14,19,23H,1-2,5-6,15-16H2,(H,27,31)(H,28,32)/t23-/m0/s1. The lowest BCUT2D eigenvalue weighted by Gasteiger charge is -2.32. The lowest BCUT2D eigenvalue weighted by Crippen LogP contribution is -2.48. The van der Waals surface area contributed by atoms with E-state index in [1.54, 1.807) is 29.6 Å². The fourth-order valence-corrected chi connectivity index (χ4v) is 4.75. The molecule has 3 amide bonds. The molecule has 1 fully saturated rings. The molecule has 1 aliphatic carbocycles. The molecule has 34 heavy (non-hydrogen) atoms. The average Bonchev–Trinajstić information content (AvgIpc) is 3.62. The Morgan fingerprint density at radius 2 is 1.85 bits per heavy atom. The summed E-state index contributed by atoms with van der Waals surface area (Å²) in [5.41, 5.74) is 0.474. The predicted octanol–water partition coefficient (Wildman–Crippen LogP) is 4.04. The number of thiophene rings is 1. The summed E-state index contributed by atoms with van der Waals surface area (Å²) in [4.78, 5) is 41.1. The number of hydrogen-bond donors (Lipinski definition) is 2. The van der Waals surface area contributed by atoms with Crippen molar-refractivity contribution >= 4 is 29.1 Å². The van der Waals surface area contributed by atoms with Gasteiger partial charge in [-0.2, -0.15) is 0 Å². The molecule has 2 aromatic heterocycles. The van der Waals surface area contributed by atoms with E-state index in [4.69, 9.17) is 4.42 Å². The van der Waals surface area contributed by atoms with Crippen molar-refractivity contribution in [2.75, 3.05) is 6.54 Å². The molecule has 2 heterocycles. The van der Waals surface area contributed by atoms with Crippen molar-refractivity contribution in [1.82, 2.24) is 15.5 Å². The Kier molecular flexibility index (Phi) is 7.74. The first-order valence-corrected chi connectivity index (χ1v) is 12.1. The Hall–Kier alpha value is -3.46. The highest BCUT2D eigenvalue weighted by atomic mass is 32.1. The molecule has 0 unspecified atom stereocenters. The molecule has 4 rings (SSSR count). The zero-order valence-corrected chi connectivity index (χ0v) is 19.4. The van der Waals surface area contributed by atoms with E-state index in [0.717, 1.165) is 25.7 Å². The quantitative estimate of drug-likeness (QED) is 0.481. The van der Waals surface area contributed by atoms with E-state index in [1.807, 2.05) is 0 Å². The highest BCUT2D eigenvalue weighted by Gasteiger charge is 2.34. The van der Waals surface area contributed by atoms with Crippen molar-refractivity contribution in [2.45, 2.75) is 44.3 Å². The maximum atomic E-state index is 13.6. The van der Waals surface area contributed by atoms with Gasteiger partial charge in [0.15, 0.2) is 0 Å². The molecule has 1 saturated carbocycles. The van der Waals surface area contributed by atoms with E-state index in [9.17, 15) is 18.8 Å². The fraction of sp³-hybridized carbons (Fsp3) is 0.320. The minimum atomic E-state index is -1.02. The molecular weight excluding hydrogens is 457 g/mol. The van der Waals surface area contributed by atoms with Crippen molar-refractivity contribution in [1.29, 1.82) is 0 Å². The van der Waals surface area contributed by atoms with Gasteiger partial charge < -0.3 is 20.0 Å². The topological polar surface area (TPSA) is 91.7 Å². The summed E-state index contributed by atoms with van der Waals surface area (Å²) < 4.78 is 19.1. The van der Waals surface area contributed by atoms with Crippen LogP contribution in [-0.4, -0.2) is 35.2 Å². The first kappa shape index (κ1) is 23.7. The van der Waals surface area contributed by atoms with Crippen molar-refractivity contribution in [3.05, 3.63) is 82.2 Å². The maximum absolute atomic E-state index is 13.6. The molecule has 0 aliphatic heterocycles. The molecule has 1 aromatic carbocycles. The van der Waals surface area contributed by atoms with Gasteiger partial charge >= 0.3 is 0 Å². The molecule has 178 valence electrons. The molecule has 0 bridgehead atoms. The molecule has 0 saturated heterocycles. The van der Waals surface area contributed by atoms with Gasteiger partial charge in [0.1, 0.15) is 17.6 Å². The first-order chi connectivity index (χ1) is 16.5. The van der Waals surface area contributed by atoms with Gasteiger partial charge in [-0.3, -0.25) is 14.4 Å². The number of rotatable bonds is 9. The van der Waals surface area contributed by atoms with E-state index in [2.05, 4.69) is 10.6 Å². The number of amides is 3. The molecule has 9 heteroatoms. The van der Waals surface area contributed by atoms with E-state index in [0.29, 0.717) is 16.2 Å². The van der Waals surface area contributed by atoms with Crippen LogP contribution in [0.15, 0.2) is 64.6 Å². The Morgan fingerprint density at radius 1 is 1.09 bits per heavy atom. The van der Waals surface area contributed by atoms with Crippen LogP contribution in [0.25, 0.3) is 0 Å². The van der Waals surface area contributed by atoms with Gasteiger partial charge in [0.2, 0.25) is 11.8 Å². The van der Waals surface area contributed by atoms with Crippen molar-refractivity contribution in [3.8, 4) is 0 Å². The number of carbonyl (C=O) groups is 3. The molecule has 2 N–H and O–H groups in total. The minimum absolute atomic E-state index is 0.0147. The van der Waals surface area contributed by atoms with E-state index >= 15 is 0 Å². The second-order valence-electron chi connectivity index (χ2n) is 8.21. The highest BCUT2D eigenvalue weighted by Crippen LogP contribution is 2.26. The van der Waals surface area contributed by atoms with Crippen LogP contribution < -0.4 is 10.6 Å². The molecule has 7 nitrogen and oxygen atoms in total. The van der Waals surface area contributed by atoms with Crippen LogP contribution in [0.4, 0.5) is 4.39 Å². The zero-order chi connectivity index (χ0) is 23.9. The van der Waals surface area contributed by atoms with Crippen LogP contribution in [0.5, 0.6) is 0 Å². The Bertz CT molecular complexity index is 1090. The molecule has 0 spiro atoms. The van der Waals surface area contributed by atoms with Gasteiger partial charge in [0.25, 0.3) is 5.91 Å². The number of nitrogens with zero attached hydrogens (tertiary/aromatic N) is 1. The van der Waals surface area contributed by atoms with Crippen LogP contribution in [0.3, 0.4) is 0 Å². The summed E-state index contributed by atoms with van der Waals surface area (Å²) >= 11 is 1.27. The second kappa shape index (κ2) is 11.1. The van der Waals surface area contributed by atoms with E-state index in [-0.39, 0.29) is 30.9 Å². The van der Waals surface area contributed by atoms with Gasteiger partial charge in [-0.1, -0.05) is 31.0 Å². The largest absolute Gasteiger partial charge is 0.467 e. The highest BCUT2D eigenvalue weighted by molar-refractivity contribution is 7.12. The molecule has 1 atom stereocenters. The monoisotopic (exact) mass is 483 g/mol. The molecule has 3 aromatic rings. The van der Waals surface area contributed by atoms with Crippen molar-refractivity contribution < 1.29 is 23.2 Å². The number of hydrogen-bond acceptors (Lipinski definition) is 5. The van der Waals surface area contributed by atoms with Gasteiger partial charge in [0, 0.05) is 6.04 Å². The third-order valence-corrected chi connectivity index (χ3v) is 6.69. The Balaban J connectivity index is 1.60. The zero-order valence-electron chi connectivity index (χ0n) is 18.5. The number of benzene rings is 1. The van der Waals surface area contributed by atoms with Gasteiger partial charge in [0.05, 0.1) is 24.2 Å². The van der Waals surface area contributed by atoms with E-state index < -0.39 is 17.8 Å². The van der Waals surface area contributed by atoms with Crippen LogP contribution in [0, 0.1) is 5.82 Å². The van der Waals surface area contributed by atoms with Crippen molar-refractivity contribution in [3.63, 3.8) is 0 Å². The number of carbonyl (C=O) groups excluding carboxylic acids is 3. The number of nitrogens with one attached hydrogen (secondary N) is 2. The predicted molar refractivity (Wildman–Crippen MR) is 125 cm³/mol. The van der Waals surface area contributed by atoms with Gasteiger partial charge in [-0.25, -0.2) is 4.39 Å². The first-order valence-electron chi connectivity index (χ1n) is 11.2. The third kappa shape index (κ3) is 5.91. The fourth-order valence-electron chi connectivity index (χ4n) is 4.11. The average molecular weight is 484 g/mol. The summed E-state index contributed by atoms with van der Waals surface area (Å²) in [6, 6.07) is 11.4. The Labute approximate surface area is 200 Å². The number of furan rings is 1. The summed E-state index contributed by atoms with van der Waals surface area (Å²) in [5.74, 6) is -1.13. The summed E-state index contributed by atoms with van der Waals surface area (Å²) in [7, 11) is 0. The van der Waals surface area contributed by atoms with Crippen LogP contribution in [0.1, 0.15) is 52.7 Å². The van der Waals surface area contributed by atoms with Gasteiger partial charge in [-0.05, 0) is 54.1 Å². The number of halogens is 1. The molecule has 1 aliphatic rings. The third-order valence-electron chi connectivity index (χ3n) is 5.82. The summed E-state index contributed by atoms with van der Waals surface area (Å²) in [6.07, 6.45) is 5.32. The maximum Gasteiger partial charge on any atom is 0.261 e. The smallest absolute Gasteiger partial charge is 0.261 e. The Morgan fingerprint density at radius 3 is 2.50 bits per heavy atom. The lowest BCUT2D eigenvalue weighted by molar-refractivity contribution is -0.141. The van der Waals surface area contributed by atoms with Gasteiger partial charge in [-0.15, -0.1) is 11.3 Å². The SMILES string of the molecule is O=C(NCC(=O)N(Cc1ccco1)[C@H](C(=O)NC1CCCC1)c1ccc(F)cc1)c1cccs1. The minimum Gasteiger partial charge on any atom is -0.467 e. The van der Waals surface area contributed by atoms with Crippen LogP contribution in [-0.2, 0) is 16.1 Å². The summed E-state index contributed by atoms with van der Waals surface area (Å²) in [5, 5.41) is 7.46. The molecular formula is C25H26FN3O4S. The van der Waals surface area contributed by atoms with Crippen molar-refractivity contribution in [2.24, 2.45) is 0 Å². The second-order valence-corrected chi connectivity index (χ2v) is 9.15. The van der Waals surface area contributed by atoms with E-state index in [1.165, 1.54) is 46.8 Å².